The van der Waals surface area contributed by atoms with E-state index in [1.54, 1.807) is 13.0 Å². The molecule has 2 N–H and O–H groups in total. The molecule has 25 heavy (non-hydrogen) atoms. The van der Waals surface area contributed by atoms with E-state index in [1.165, 1.54) is 6.08 Å². The zero-order valence-corrected chi connectivity index (χ0v) is 16.6. The Labute approximate surface area is 154 Å². The molecule has 2 unspecified atom stereocenters. The highest BCUT2D eigenvalue weighted by atomic mass is 16.4. The van der Waals surface area contributed by atoms with Gasteiger partial charge in [-0.15, -0.1) is 13.2 Å². The molecule has 0 saturated carbocycles. The molecule has 0 bridgehead atoms. The highest BCUT2D eigenvalue weighted by Crippen LogP contribution is 2.30. The average Bonchev–Trinajstić information content (AvgIpc) is 2.59. The monoisotopic (exact) mass is 354 g/mol. The molecule has 4 nitrogen and oxygen atoms in total. The topological polar surface area (TPSA) is 74.6 Å². The number of hydrogen-bond donors (Lipinski definition) is 2. The first-order chi connectivity index (χ1) is 11.7. The van der Waals surface area contributed by atoms with Crippen molar-refractivity contribution < 1.29 is 19.8 Å². The molecule has 0 heterocycles. The second kappa shape index (κ2) is 13.7. The molecule has 0 rings (SSSR count). The van der Waals surface area contributed by atoms with Crippen molar-refractivity contribution in [1.82, 2.24) is 0 Å². The van der Waals surface area contributed by atoms with Gasteiger partial charge in [0.15, 0.2) is 0 Å². The summed E-state index contributed by atoms with van der Waals surface area (Å²) < 4.78 is 0. The second-order valence-electron chi connectivity index (χ2n) is 6.86. The zero-order chi connectivity index (χ0) is 19.9. The van der Waals surface area contributed by atoms with E-state index in [4.69, 9.17) is 10.2 Å². The van der Waals surface area contributed by atoms with Crippen LogP contribution in [0.5, 0.6) is 0 Å². The van der Waals surface area contributed by atoms with E-state index in [9.17, 15) is 9.59 Å². The minimum absolute atomic E-state index is 0.634. The maximum atomic E-state index is 11.0. The highest BCUT2D eigenvalue weighted by Gasteiger charge is 2.32. The summed E-state index contributed by atoms with van der Waals surface area (Å²) in [7, 11) is 0. The summed E-state index contributed by atoms with van der Waals surface area (Å²) in [6, 6.07) is 0. The standard InChI is InChI=1S/C11H20O2.C10H18O2/c1-4-7-8-9-11(5-2,6-3)10(12)13;1-4-6-7-8-10(3,5-2)9(11)12/h5H,2,4,6-9H2,1,3H3,(H,12,13);5H,2,4,6-8H2,1,3H3,(H,11,12). The summed E-state index contributed by atoms with van der Waals surface area (Å²) in [5.41, 5.74) is -1.41. The van der Waals surface area contributed by atoms with E-state index >= 15 is 0 Å². The number of rotatable bonds is 13. The van der Waals surface area contributed by atoms with Gasteiger partial charge in [-0.25, -0.2) is 0 Å². The smallest absolute Gasteiger partial charge is 0.313 e. The van der Waals surface area contributed by atoms with Crippen LogP contribution < -0.4 is 0 Å². The third kappa shape index (κ3) is 9.47. The van der Waals surface area contributed by atoms with Gasteiger partial charge >= 0.3 is 11.9 Å². The molecule has 0 amide bonds. The van der Waals surface area contributed by atoms with Crippen LogP contribution in [-0.4, -0.2) is 22.2 Å². The number of carboxylic acids is 2. The maximum absolute atomic E-state index is 11.0. The third-order valence-electron chi connectivity index (χ3n) is 4.91. The first-order valence-electron chi connectivity index (χ1n) is 9.43. The normalized spacial score (nSPS) is 15.0. The Balaban J connectivity index is 0. The van der Waals surface area contributed by atoms with Crippen molar-refractivity contribution in [2.75, 3.05) is 0 Å². The van der Waals surface area contributed by atoms with Crippen molar-refractivity contribution in [3.63, 3.8) is 0 Å². The van der Waals surface area contributed by atoms with Gasteiger partial charge in [0.25, 0.3) is 0 Å². The van der Waals surface area contributed by atoms with Crippen molar-refractivity contribution in [2.45, 2.75) is 85.5 Å². The van der Waals surface area contributed by atoms with Crippen molar-refractivity contribution in [3.8, 4) is 0 Å². The van der Waals surface area contributed by atoms with Crippen molar-refractivity contribution >= 4 is 11.9 Å². The number of unbranched alkanes of at least 4 members (excludes halogenated alkanes) is 4. The van der Waals surface area contributed by atoms with E-state index in [-0.39, 0.29) is 0 Å². The van der Waals surface area contributed by atoms with Gasteiger partial charge in [-0.3, -0.25) is 9.59 Å². The van der Waals surface area contributed by atoms with E-state index < -0.39 is 22.8 Å². The summed E-state index contributed by atoms with van der Waals surface area (Å²) in [5.74, 6) is -1.50. The third-order valence-corrected chi connectivity index (χ3v) is 4.91. The molecule has 146 valence electrons. The van der Waals surface area contributed by atoms with E-state index in [2.05, 4.69) is 27.0 Å². The van der Waals surface area contributed by atoms with Crippen LogP contribution in [0.2, 0.25) is 0 Å². The van der Waals surface area contributed by atoms with Crippen LogP contribution >= 0.6 is 0 Å². The Morgan fingerprint density at radius 3 is 1.60 bits per heavy atom. The van der Waals surface area contributed by atoms with Crippen LogP contribution in [0.3, 0.4) is 0 Å². The summed E-state index contributed by atoms with van der Waals surface area (Å²) in [5, 5.41) is 17.9. The Bertz CT molecular complexity index is 416. The predicted molar refractivity (Wildman–Crippen MR) is 105 cm³/mol. The van der Waals surface area contributed by atoms with Crippen LogP contribution in [0.15, 0.2) is 25.3 Å². The van der Waals surface area contributed by atoms with Gasteiger partial charge in [0.1, 0.15) is 0 Å². The van der Waals surface area contributed by atoms with E-state index in [0.29, 0.717) is 12.8 Å². The van der Waals surface area contributed by atoms with Gasteiger partial charge in [0.05, 0.1) is 10.8 Å². The minimum Gasteiger partial charge on any atom is -0.481 e. The number of carbonyl (C=O) groups is 2. The molecule has 4 heteroatoms. The quantitative estimate of drug-likeness (QED) is 0.310. The molecule has 0 aliphatic heterocycles. The Hall–Kier alpha value is -1.58. The SMILES string of the molecule is C=CC(C)(CCCCC)C(=O)O.C=CC(CC)(CCCCC)C(=O)O. The fourth-order valence-electron chi connectivity index (χ4n) is 2.50. The highest BCUT2D eigenvalue weighted by molar-refractivity contribution is 5.77. The lowest BCUT2D eigenvalue weighted by molar-refractivity contribution is -0.147. The molecule has 0 saturated heterocycles. The molecule has 2 atom stereocenters. The molecule has 0 spiro atoms. The summed E-state index contributed by atoms with van der Waals surface area (Å²) in [6.07, 6.45) is 11.5. The van der Waals surface area contributed by atoms with Crippen molar-refractivity contribution in [3.05, 3.63) is 25.3 Å². The molecular formula is C21H38O4. The second-order valence-corrected chi connectivity index (χ2v) is 6.86. The van der Waals surface area contributed by atoms with Gasteiger partial charge in [0.2, 0.25) is 0 Å². The van der Waals surface area contributed by atoms with Gasteiger partial charge in [-0.05, 0) is 26.2 Å². The molecule has 0 aliphatic carbocycles. The van der Waals surface area contributed by atoms with Crippen LogP contribution in [-0.2, 0) is 9.59 Å². The zero-order valence-electron chi connectivity index (χ0n) is 16.6. The summed E-state index contributed by atoms with van der Waals surface area (Å²) >= 11 is 0. The van der Waals surface area contributed by atoms with E-state index in [0.717, 1.165) is 44.9 Å². The van der Waals surface area contributed by atoms with Gasteiger partial charge in [-0.2, -0.15) is 0 Å². The number of hydrogen-bond acceptors (Lipinski definition) is 2. The molecule has 0 aromatic heterocycles. The van der Waals surface area contributed by atoms with Crippen LogP contribution in [0, 0.1) is 10.8 Å². The first kappa shape index (κ1) is 25.7. The lowest BCUT2D eigenvalue weighted by Crippen LogP contribution is -2.27. The number of carboxylic acid groups (broad SMARTS) is 2. The largest absolute Gasteiger partial charge is 0.481 e. The average molecular weight is 355 g/mol. The Morgan fingerprint density at radius 2 is 1.32 bits per heavy atom. The van der Waals surface area contributed by atoms with Crippen molar-refractivity contribution in [1.29, 1.82) is 0 Å². The van der Waals surface area contributed by atoms with Gasteiger partial charge < -0.3 is 10.2 Å². The van der Waals surface area contributed by atoms with Crippen LogP contribution in [0.25, 0.3) is 0 Å². The first-order valence-corrected chi connectivity index (χ1v) is 9.43. The van der Waals surface area contributed by atoms with Gasteiger partial charge in [0, 0.05) is 0 Å². The Morgan fingerprint density at radius 1 is 0.840 bits per heavy atom. The lowest BCUT2D eigenvalue weighted by Gasteiger charge is -2.23. The summed E-state index contributed by atoms with van der Waals surface area (Å²) in [6.45, 7) is 15.0. The van der Waals surface area contributed by atoms with Crippen molar-refractivity contribution in [2.24, 2.45) is 10.8 Å². The molecule has 0 aromatic carbocycles. The fourth-order valence-corrected chi connectivity index (χ4v) is 2.50. The fraction of sp³-hybridized carbons (Fsp3) is 0.714. The van der Waals surface area contributed by atoms with Crippen LogP contribution in [0.1, 0.15) is 85.5 Å². The minimum atomic E-state index is -0.770. The molecule has 0 aliphatic rings. The Kier molecular flexibility index (Phi) is 14.0. The molecule has 0 radical (unpaired) electrons. The predicted octanol–water partition coefficient (Wildman–Crippen LogP) is 6.08. The van der Waals surface area contributed by atoms with Gasteiger partial charge in [-0.1, -0.05) is 71.4 Å². The number of aliphatic carboxylic acids is 2. The molecular weight excluding hydrogens is 316 g/mol. The van der Waals surface area contributed by atoms with E-state index in [1.807, 2.05) is 6.92 Å². The van der Waals surface area contributed by atoms with Crippen LogP contribution in [0.4, 0.5) is 0 Å². The molecule has 0 fully saturated rings. The summed E-state index contributed by atoms with van der Waals surface area (Å²) in [4.78, 5) is 21.8. The molecule has 0 aromatic rings. The maximum Gasteiger partial charge on any atom is 0.313 e. The lowest BCUT2D eigenvalue weighted by atomic mass is 9.80.